The van der Waals surface area contributed by atoms with Crippen molar-refractivity contribution < 1.29 is 22.4 Å². The highest BCUT2D eigenvalue weighted by Gasteiger charge is 2.23. The second-order valence-corrected chi connectivity index (χ2v) is 6.95. The number of rotatable bonds is 3. The van der Waals surface area contributed by atoms with Crippen LogP contribution in [0.5, 0.6) is 0 Å². The summed E-state index contributed by atoms with van der Waals surface area (Å²) < 4.78 is 53.4. The number of thiazole rings is 1. The standard InChI is InChI=1S/C19H14F4N2OS/c1-8-4-10(3)11(5-9(8)2)14-7-27-19(24-14)25-18(26)12-6-13(20)16(22)17(23)15(12)21/h4-7H,1-3H3,(H,24,25,26). The molecule has 0 radical (unpaired) electrons. The van der Waals surface area contributed by atoms with Crippen LogP contribution >= 0.6 is 11.3 Å². The molecule has 0 bridgehead atoms. The number of carbonyl (C=O) groups excluding carboxylic acids is 1. The van der Waals surface area contributed by atoms with Crippen LogP contribution in [0.15, 0.2) is 23.6 Å². The number of aryl methyl sites for hydroxylation is 3. The number of nitrogens with one attached hydrogen (secondary N) is 1. The van der Waals surface area contributed by atoms with Crippen LogP contribution in [-0.4, -0.2) is 10.9 Å². The molecule has 0 aliphatic heterocycles. The predicted octanol–water partition coefficient (Wildman–Crippen LogP) is 5.54. The topological polar surface area (TPSA) is 42.0 Å². The van der Waals surface area contributed by atoms with Crippen molar-refractivity contribution >= 4 is 22.4 Å². The van der Waals surface area contributed by atoms with Gasteiger partial charge in [-0.25, -0.2) is 22.5 Å². The third-order valence-electron chi connectivity index (χ3n) is 4.19. The molecule has 0 spiro atoms. The van der Waals surface area contributed by atoms with Gasteiger partial charge in [-0.2, -0.15) is 0 Å². The molecule has 2 aromatic carbocycles. The van der Waals surface area contributed by atoms with Crippen molar-refractivity contribution in [3.63, 3.8) is 0 Å². The number of anilines is 1. The van der Waals surface area contributed by atoms with Gasteiger partial charge in [-0.15, -0.1) is 11.3 Å². The van der Waals surface area contributed by atoms with Gasteiger partial charge in [0.25, 0.3) is 5.91 Å². The largest absolute Gasteiger partial charge is 0.298 e. The van der Waals surface area contributed by atoms with Crippen molar-refractivity contribution in [3.05, 3.63) is 69.1 Å². The molecule has 3 aromatic rings. The second kappa shape index (κ2) is 7.11. The summed E-state index contributed by atoms with van der Waals surface area (Å²) in [7, 11) is 0. The third kappa shape index (κ3) is 3.57. The Hall–Kier alpha value is -2.74. The van der Waals surface area contributed by atoms with E-state index in [-0.39, 0.29) is 5.13 Å². The average molecular weight is 394 g/mol. The predicted molar refractivity (Wildman–Crippen MR) is 96.0 cm³/mol. The van der Waals surface area contributed by atoms with E-state index in [9.17, 15) is 22.4 Å². The van der Waals surface area contributed by atoms with Crippen molar-refractivity contribution in [2.24, 2.45) is 0 Å². The normalized spacial score (nSPS) is 10.9. The van der Waals surface area contributed by atoms with Crippen LogP contribution in [0.3, 0.4) is 0 Å². The van der Waals surface area contributed by atoms with Gasteiger partial charge in [0.1, 0.15) is 0 Å². The first-order valence-corrected chi connectivity index (χ1v) is 8.75. The molecule has 0 saturated carbocycles. The fourth-order valence-electron chi connectivity index (χ4n) is 2.59. The molecule has 0 aliphatic carbocycles. The summed E-state index contributed by atoms with van der Waals surface area (Å²) in [6.07, 6.45) is 0. The zero-order valence-corrected chi connectivity index (χ0v) is 15.4. The van der Waals surface area contributed by atoms with Crippen molar-refractivity contribution in [1.82, 2.24) is 4.98 Å². The molecule has 0 saturated heterocycles. The molecule has 27 heavy (non-hydrogen) atoms. The van der Waals surface area contributed by atoms with Gasteiger partial charge in [-0.3, -0.25) is 10.1 Å². The van der Waals surface area contributed by atoms with E-state index in [4.69, 9.17) is 0 Å². The Balaban J connectivity index is 1.89. The van der Waals surface area contributed by atoms with E-state index in [1.165, 1.54) is 0 Å². The smallest absolute Gasteiger partial charge is 0.260 e. The summed E-state index contributed by atoms with van der Waals surface area (Å²) in [5, 5.41) is 4.11. The molecule has 0 aliphatic rings. The number of halogens is 4. The van der Waals surface area contributed by atoms with Crippen molar-refractivity contribution in [3.8, 4) is 11.3 Å². The van der Waals surface area contributed by atoms with Crippen LogP contribution in [-0.2, 0) is 0 Å². The van der Waals surface area contributed by atoms with Crippen LogP contribution in [0, 0.1) is 44.0 Å². The lowest BCUT2D eigenvalue weighted by Crippen LogP contribution is -2.16. The van der Waals surface area contributed by atoms with Gasteiger partial charge in [0.2, 0.25) is 0 Å². The van der Waals surface area contributed by atoms with Gasteiger partial charge in [-0.05, 0) is 49.6 Å². The van der Waals surface area contributed by atoms with E-state index >= 15 is 0 Å². The van der Waals surface area contributed by atoms with Crippen LogP contribution < -0.4 is 5.32 Å². The molecule has 0 fully saturated rings. The minimum absolute atomic E-state index is 0.122. The second-order valence-electron chi connectivity index (χ2n) is 6.09. The molecule has 1 heterocycles. The van der Waals surface area contributed by atoms with E-state index < -0.39 is 34.7 Å². The van der Waals surface area contributed by atoms with Gasteiger partial charge >= 0.3 is 0 Å². The number of nitrogens with zero attached hydrogens (tertiary/aromatic N) is 1. The maximum absolute atomic E-state index is 13.7. The molecule has 0 unspecified atom stereocenters. The van der Waals surface area contributed by atoms with E-state index in [1.54, 1.807) is 5.38 Å². The molecular weight excluding hydrogens is 380 g/mol. The van der Waals surface area contributed by atoms with Gasteiger partial charge in [0.15, 0.2) is 28.4 Å². The summed E-state index contributed by atoms with van der Waals surface area (Å²) >= 11 is 1.08. The van der Waals surface area contributed by atoms with Crippen LogP contribution in [0.1, 0.15) is 27.0 Å². The molecule has 8 heteroatoms. The van der Waals surface area contributed by atoms with E-state index in [0.717, 1.165) is 33.6 Å². The lowest BCUT2D eigenvalue weighted by atomic mass is 9.99. The monoisotopic (exact) mass is 394 g/mol. The number of hydrogen-bond acceptors (Lipinski definition) is 3. The summed E-state index contributed by atoms with van der Waals surface area (Å²) in [6.45, 7) is 5.89. The molecule has 140 valence electrons. The average Bonchev–Trinajstić information content (AvgIpc) is 3.07. The Morgan fingerprint density at radius 2 is 1.59 bits per heavy atom. The summed E-state index contributed by atoms with van der Waals surface area (Å²) in [5.74, 6) is -8.53. The Labute approximate surface area is 156 Å². The Morgan fingerprint density at radius 1 is 0.926 bits per heavy atom. The molecule has 0 atom stereocenters. The van der Waals surface area contributed by atoms with E-state index in [2.05, 4.69) is 10.3 Å². The Kier molecular flexibility index (Phi) is 5.01. The molecule has 1 amide bonds. The number of aromatic nitrogens is 1. The van der Waals surface area contributed by atoms with Gasteiger partial charge in [0.05, 0.1) is 11.3 Å². The lowest BCUT2D eigenvalue weighted by Gasteiger charge is -2.08. The highest BCUT2D eigenvalue weighted by molar-refractivity contribution is 7.14. The van der Waals surface area contributed by atoms with Crippen LogP contribution in [0.25, 0.3) is 11.3 Å². The minimum Gasteiger partial charge on any atom is -0.298 e. The number of benzene rings is 2. The molecular formula is C19H14F4N2OS. The summed E-state index contributed by atoms with van der Waals surface area (Å²) in [5.41, 5.74) is 3.75. The van der Waals surface area contributed by atoms with Crippen molar-refractivity contribution in [2.75, 3.05) is 5.32 Å². The summed E-state index contributed by atoms with van der Waals surface area (Å²) in [6, 6.07) is 4.29. The number of carbonyl (C=O) groups is 1. The van der Waals surface area contributed by atoms with E-state index in [1.807, 2.05) is 32.9 Å². The van der Waals surface area contributed by atoms with Crippen molar-refractivity contribution in [1.29, 1.82) is 0 Å². The Morgan fingerprint density at radius 3 is 2.30 bits per heavy atom. The zero-order chi connectivity index (χ0) is 19.9. The van der Waals surface area contributed by atoms with Crippen LogP contribution in [0.4, 0.5) is 22.7 Å². The third-order valence-corrected chi connectivity index (χ3v) is 4.95. The SMILES string of the molecule is Cc1cc(C)c(-c2csc(NC(=O)c3cc(F)c(F)c(F)c3F)n2)cc1C. The first-order chi connectivity index (χ1) is 12.7. The number of hydrogen-bond donors (Lipinski definition) is 1. The van der Waals surface area contributed by atoms with Gasteiger partial charge in [0, 0.05) is 10.9 Å². The molecule has 1 N–H and O–H groups in total. The van der Waals surface area contributed by atoms with Crippen LogP contribution in [0.2, 0.25) is 0 Å². The molecule has 3 nitrogen and oxygen atoms in total. The fourth-order valence-corrected chi connectivity index (χ4v) is 3.30. The highest BCUT2D eigenvalue weighted by Crippen LogP contribution is 2.30. The zero-order valence-electron chi connectivity index (χ0n) is 14.6. The van der Waals surface area contributed by atoms with E-state index in [0.29, 0.717) is 11.8 Å². The molecule has 3 rings (SSSR count). The van der Waals surface area contributed by atoms with Crippen molar-refractivity contribution in [2.45, 2.75) is 20.8 Å². The Bertz CT molecular complexity index is 1060. The fraction of sp³-hybridized carbons (Fsp3) is 0.158. The summed E-state index contributed by atoms with van der Waals surface area (Å²) in [4.78, 5) is 16.4. The van der Waals surface area contributed by atoms with Gasteiger partial charge in [-0.1, -0.05) is 6.07 Å². The lowest BCUT2D eigenvalue weighted by molar-refractivity contribution is 0.102. The first kappa shape index (κ1) is 19.0. The number of amides is 1. The maximum Gasteiger partial charge on any atom is 0.260 e. The molecule has 1 aromatic heterocycles. The first-order valence-electron chi connectivity index (χ1n) is 7.87. The highest BCUT2D eigenvalue weighted by atomic mass is 32.1. The minimum atomic E-state index is -2.04. The van der Waals surface area contributed by atoms with Gasteiger partial charge < -0.3 is 0 Å². The quantitative estimate of drug-likeness (QED) is 0.360. The maximum atomic E-state index is 13.7.